The van der Waals surface area contributed by atoms with E-state index in [9.17, 15) is 0 Å². The summed E-state index contributed by atoms with van der Waals surface area (Å²) in [6.07, 6.45) is 3.46. The molecule has 0 bridgehead atoms. The van der Waals surface area contributed by atoms with Crippen LogP contribution in [0.2, 0.25) is 0 Å². The van der Waals surface area contributed by atoms with E-state index in [1.807, 2.05) is 49.4 Å². The quantitative estimate of drug-likeness (QED) is 0.585. The topological polar surface area (TPSA) is 56.8 Å². The van der Waals surface area contributed by atoms with E-state index in [4.69, 9.17) is 15.3 Å². The Bertz CT molecular complexity index is 509. The minimum absolute atomic E-state index is 0.104. The average molecular weight is 224 g/mol. The van der Waals surface area contributed by atoms with Gasteiger partial charge < -0.3 is 4.74 Å². The second-order valence-electron chi connectivity index (χ2n) is 3.44. The van der Waals surface area contributed by atoms with Gasteiger partial charge in [-0.05, 0) is 36.3 Å². The molecule has 0 aliphatic heterocycles. The van der Waals surface area contributed by atoms with Crippen LogP contribution in [-0.4, -0.2) is 7.11 Å². The highest BCUT2D eigenvalue weighted by Crippen LogP contribution is 2.14. The van der Waals surface area contributed by atoms with E-state index in [1.165, 1.54) is 0 Å². The molecule has 0 fully saturated rings. The van der Waals surface area contributed by atoms with Gasteiger partial charge in [0.1, 0.15) is 23.5 Å². The molecule has 1 rings (SSSR count). The van der Waals surface area contributed by atoms with Crippen LogP contribution in [0.5, 0.6) is 5.75 Å². The van der Waals surface area contributed by atoms with Crippen LogP contribution in [0.25, 0.3) is 6.08 Å². The van der Waals surface area contributed by atoms with Crippen LogP contribution in [0.3, 0.4) is 0 Å². The number of nitriles is 2. The number of methoxy groups -OCH3 is 1. The molecule has 84 valence electrons. The van der Waals surface area contributed by atoms with Gasteiger partial charge in [0.05, 0.1) is 7.11 Å². The lowest BCUT2D eigenvalue weighted by Crippen LogP contribution is -1.82. The average Bonchev–Trinajstić information content (AvgIpc) is 2.37. The molecule has 0 aliphatic rings. The van der Waals surface area contributed by atoms with Gasteiger partial charge >= 0.3 is 0 Å². The van der Waals surface area contributed by atoms with Gasteiger partial charge in [0.25, 0.3) is 0 Å². The highest BCUT2D eigenvalue weighted by atomic mass is 16.5. The molecular formula is C14H12N2O. The lowest BCUT2D eigenvalue weighted by molar-refractivity contribution is 0.415. The number of benzene rings is 1. The maximum atomic E-state index is 8.62. The molecule has 0 N–H and O–H groups in total. The first kappa shape index (κ1) is 12.5. The van der Waals surface area contributed by atoms with Crippen LogP contribution in [0.4, 0.5) is 0 Å². The van der Waals surface area contributed by atoms with Crippen LogP contribution >= 0.6 is 0 Å². The molecule has 3 heteroatoms. The lowest BCUT2D eigenvalue weighted by Gasteiger charge is -2.00. The van der Waals surface area contributed by atoms with E-state index in [1.54, 1.807) is 13.2 Å². The second kappa shape index (κ2) is 6.15. The highest BCUT2D eigenvalue weighted by molar-refractivity contribution is 5.58. The third-order valence-electron chi connectivity index (χ3n) is 2.12. The monoisotopic (exact) mass is 224 g/mol. The Labute approximate surface area is 101 Å². The minimum atomic E-state index is 0.104. The molecule has 1 aromatic rings. The maximum Gasteiger partial charge on any atom is 0.129 e. The summed E-state index contributed by atoms with van der Waals surface area (Å²) in [7, 11) is 1.62. The summed E-state index contributed by atoms with van der Waals surface area (Å²) in [5.41, 5.74) is 1.95. The number of allylic oxidation sites excluding steroid dienone is 3. The first-order valence-electron chi connectivity index (χ1n) is 5.04. The van der Waals surface area contributed by atoms with Crippen molar-refractivity contribution < 1.29 is 4.74 Å². The predicted octanol–water partition coefficient (Wildman–Crippen LogP) is 3.07. The number of nitrogens with zero attached hydrogens (tertiary/aromatic N) is 2. The third kappa shape index (κ3) is 3.85. The smallest absolute Gasteiger partial charge is 0.129 e. The Kier molecular flexibility index (Phi) is 4.54. The molecule has 1 aromatic carbocycles. The van der Waals surface area contributed by atoms with Crippen molar-refractivity contribution in [3.8, 4) is 17.9 Å². The van der Waals surface area contributed by atoms with Crippen molar-refractivity contribution in [1.82, 2.24) is 0 Å². The Morgan fingerprint density at radius 3 is 2.24 bits per heavy atom. The molecular weight excluding hydrogens is 212 g/mol. The molecule has 0 atom stereocenters. The fourth-order valence-electron chi connectivity index (χ4n) is 1.32. The molecule has 0 aromatic heterocycles. The van der Waals surface area contributed by atoms with Crippen molar-refractivity contribution in [1.29, 1.82) is 10.5 Å². The van der Waals surface area contributed by atoms with Crippen molar-refractivity contribution in [3.63, 3.8) is 0 Å². The molecule has 0 saturated heterocycles. The van der Waals surface area contributed by atoms with E-state index in [-0.39, 0.29) is 5.57 Å². The predicted molar refractivity (Wildman–Crippen MR) is 66.0 cm³/mol. The number of rotatable bonds is 3. The third-order valence-corrected chi connectivity index (χ3v) is 2.12. The molecule has 0 amide bonds. The minimum Gasteiger partial charge on any atom is -0.497 e. The molecule has 0 unspecified atom stereocenters. The van der Waals surface area contributed by atoms with Gasteiger partial charge in [-0.1, -0.05) is 18.2 Å². The summed E-state index contributed by atoms with van der Waals surface area (Å²) < 4.78 is 5.05. The standard InChI is InChI=1S/C14H12N2O/c1-11(8-13(9-15)10-16)7-12-3-5-14(17-2)6-4-12/h3-8H,1-2H3. The number of ether oxygens (including phenoxy) is 1. The summed E-state index contributed by atoms with van der Waals surface area (Å²) in [4.78, 5) is 0. The number of hydrogen-bond donors (Lipinski definition) is 0. The fraction of sp³-hybridized carbons (Fsp3) is 0.143. The van der Waals surface area contributed by atoms with E-state index in [2.05, 4.69) is 0 Å². The molecule has 0 heterocycles. The summed E-state index contributed by atoms with van der Waals surface area (Å²) in [5.74, 6) is 0.796. The Balaban J connectivity index is 2.92. The summed E-state index contributed by atoms with van der Waals surface area (Å²) in [5, 5.41) is 17.2. The van der Waals surface area contributed by atoms with E-state index < -0.39 is 0 Å². The van der Waals surface area contributed by atoms with Crippen LogP contribution < -0.4 is 4.74 Å². The Morgan fingerprint density at radius 1 is 1.18 bits per heavy atom. The van der Waals surface area contributed by atoms with Gasteiger partial charge in [-0.25, -0.2) is 0 Å². The Morgan fingerprint density at radius 2 is 1.76 bits per heavy atom. The Hall–Kier alpha value is -2.52. The van der Waals surface area contributed by atoms with Crippen LogP contribution in [0.1, 0.15) is 12.5 Å². The van der Waals surface area contributed by atoms with Crippen molar-refractivity contribution in [2.24, 2.45) is 0 Å². The summed E-state index contributed by atoms with van der Waals surface area (Å²) >= 11 is 0. The lowest BCUT2D eigenvalue weighted by atomic mass is 10.1. The first-order valence-corrected chi connectivity index (χ1v) is 5.04. The van der Waals surface area contributed by atoms with Crippen molar-refractivity contribution in [2.45, 2.75) is 6.92 Å². The van der Waals surface area contributed by atoms with E-state index >= 15 is 0 Å². The van der Waals surface area contributed by atoms with E-state index in [0.717, 1.165) is 16.9 Å². The fourth-order valence-corrected chi connectivity index (χ4v) is 1.32. The maximum absolute atomic E-state index is 8.62. The largest absolute Gasteiger partial charge is 0.497 e. The van der Waals surface area contributed by atoms with E-state index in [0.29, 0.717) is 0 Å². The molecule has 0 spiro atoms. The van der Waals surface area contributed by atoms with Gasteiger partial charge in [0, 0.05) is 0 Å². The van der Waals surface area contributed by atoms with Crippen LogP contribution in [-0.2, 0) is 0 Å². The number of hydrogen-bond acceptors (Lipinski definition) is 3. The zero-order chi connectivity index (χ0) is 12.7. The SMILES string of the molecule is COc1ccc(C=C(C)C=C(C#N)C#N)cc1. The summed E-state index contributed by atoms with van der Waals surface area (Å²) in [6.45, 7) is 1.85. The van der Waals surface area contributed by atoms with Gasteiger partial charge in [0.15, 0.2) is 0 Å². The van der Waals surface area contributed by atoms with Crippen molar-refractivity contribution in [3.05, 3.63) is 47.1 Å². The van der Waals surface area contributed by atoms with Crippen LogP contribution in [0, 0.1) is 22.7 Å². The van der Waals surface area contributed by atoms with Gasteiger partial charge in [0.2, 0.25) is 0 Å². The summed E-state index contributed by atoms with van der Waals surface area (Å²) in [6, 6.07) is 11.2. The zero-order valence-electron chi connectivity index (χ0n) is 9.77. The van der Waals surface area contributed by atoms with Crippen molar-refractivity contribution in [2.75, 3.05) is 7.11 Å². The second-order valence-corrected chi connectivity index (χ2v) is 3.44. The normalized spacial score (nSPS) is 10.0. The molecule has 0 aliphatic carbocycles. The van der Waals surface area contributed by atoms with Gasteiger partial charge in [-0.15, -0.1) is 0 Å². The highest BCUT2D eigenvalue weighted by Gasteiger charge is 1.94. The molecule has 17 heavy (non-hydrogen) atoms. The van der Waals surface area contributed by atoms with Gasteiger partial charge in [-0.2, -0.15) is 10.5 Å². The van der Waals surface area contributed by atoms with Crippen LogP contribution in [0.15, 0.2) is 41.5 Å². The molecule has 3 nitrogen and oxygen atoms in total. The van der Waals surface area contributed by atoms with Crippen molar-refractivity contribution >= 4 is 6.08 Å². The molecule has 0 saturated carbocycles. The van der Waals surface area contributed by atoms with Gasteiger partial charge in [-0.3, -0.25) is 0 Å². The zero-order valence-corrected chi connectivity index (χ0v) is 9.77. The molecule has 0 radical (unpaired) electrons. The first-order chi connectivity index (χ1) is 8.19.